The third kappa shape index (κ3) is 0.880. The van der Waals surface area contributed by atoms with E-state index in [0.29, 0.717) is 6.04 Å². The summed E-state index contributed by atoms with van der Waals surface area (Å²) >= 11 is 0. The second-order valence-corrected chi connectivity index (χ2v) is 4.88. The number of likely N-dealkylation sites (tertiary alicyclic amines) is 1. The van der Waals surface area contributed by atoms with Gasteiger partial charge in [-0.2, -0.15) is 0 Å². The van der Waals surface area contributed by atoms with Crippen molar-refractivity contribution < 1.29 is 9.53 Å². The predicted octanol–water partition coefficient (Wildman–Crippen LogP) is 0.0378. The molecule has 0 saturated carbocycles. The Hall–Kier alpha value is -0.610. The molecule has 3 fully saturated rings. The van der Waals surface area contributed by atoms with E-state index in [1.165, 1.54) is 0 Å². The summed E-state index contributed by atoms with van der Waals surface area (Å²) in [6, 6.07) is 0.373. The summed E-state index contributed by atoms with van der Waals surface area (Å²) in [5.74, 6) is 0.227. The van der Waals surface area contributed by atoms with Crippen LogP contribution in [0.25, 0.3) is 0 Å². The van der Waals surface area contributed by atoms with E-state index in [-0.39, 0.29) is 12.1 Å². The van der Waals surface area contributed by atoms with Gasteiger partial charge in [-0.15, -0.1) is 0 Å². The van der Waals surface area contributed by atoms with E-state index in [0.717, 1.165) is 25.9 Å². The molecule has 0 aliphatic carbocycles. The van der Waals surface area contributed by atoms with Crippen LogP contribution in [0.4, 0.5) is 0 Å². The Morgan fingerprint density at radius 1 is 1.43 bits per heavy atom. The van der Waals surface area contributed by atoms with Gasteiger partial charge >= 0.3 is 0 Å². The molecule has 4 nitrogen and oxygen atoms in total. The molecule has 3 rings (SSSR count). The number of amides is 1. The maximum absolute atomic E-state index is 12.1. The van der Waals surface area contributed by atoms with Crippen LogP contribution in [-0.4, -0.2) is 53.7 Å². The van der Waals surface area contributed by atoms with Gasteiger partial charge in [0.15, 0.2) is 5.60 Å². The number of likely N-dealkylation sites (N-methyl/N-ethyl adjacent to an activating group) is 1. The van der Waals surface area contributed by atoms with E-state index in [2.05, 4.69) is 11.8 Å². The van der Waals surface area contributed by atoms with Crippen LogP contribution in [0.15, 0.2) is 0 Å². The summed E-state index contributed by atoms with van der Waals surface area (Å²) in [7, 11) is 2.02. The van der Waals surface area contributed by atoms with Crippen LogP contribution < -0.4 is 0 Å². The minimum Gasteiger partial charge on any atom is -0.339 e. The fraction of sp³-hybridized carbons (Fsp3) is 0.900. The summed E-state index contributed by atoms with van der Waals surface area (Å²) in [6.45, 7) is 3.65. The van der Waals surface area contributed by atoms with Gasteiger partial charge in [-0.05, 0) is 26.8 Å². The number of rotatable bonds is 0. The fourth-order valence-corrected chi connectivity index (χ4v) is 2.97. The van der Waals surface area contributed by atoms with Gasteiger partial charge in [-0.3, -0.25) is 9.69 Å². The van der Waals surface area contributed by atoms with Gasteiger partial charge < -0.3 is 9.64 Å². The zero-order chi connectivity index (χ0) is 9.92. The lowest BCUT2D eigenvalue weighted by atomic mass is 9.93. The molecule has 3 saturated heterocycles. The van der Waals surface area contributed by atoms with Crippen LogP contribution in [0.2, 0.25) is 0 Å². The van der Waals surface area contributed by atoms with Crippen molar-refractivity contribution in [3.8, 4) is 0 Å². The summed E-state index contributed by atoms with van der Waals surface area (Å²) in [6.07, 6.45) is 2.17. The van der Waals surface area contributed by atoms with Crippen molar-refractivity contribution in [3.63, 3.8) is 0 Å². The molecule has 3 heterocycles. The van der Waals surface area contributed by atoms with Gasteiger partial charge in [-0.1, -0.05) is 0 Å². The Bertz CT molecular complexity index is 286. The van der Waals surface area contributed by atoms with Crippen LogP contribution in [0.3, 0.4) is 0 Å². The fourth-order valence-electron chi connectivity index (χ4n) is 2.97. The van der Waals surface area contributed by atoms with Crippen LogP contribution in [0.5, 0.6) is 0 Å². The molecule has 1 spiro atoms. The van der Waals surface area contributed by atoms with Crippen molar-refractivity contribution in [2.24, 2.45) is 0 Å². The summed E-state index contributed by atoms with van der Waals surface area (Å²) in [4.78, 5) is 16.2. The molecule has 1 amide bonds. The van der Waals surface area contributed by atoms with Gasteiger partial charge in [0.1, 0.15) is 6.23 Å². The second kappa shape index (κ2) is 2.49. The molecule has 4 heteroatoms. The van der Waals surface area contributed by atoms with Crippen molar-refractivity contribution in [2.45, 2.75) is 37.6 Å². The van der Waals surface area contributed by atoms with Gasteiger partial charge in [0.25, 0.3) is 5.91 Å². The molecular weight excluding hydrogens is 180 g/mol. The number of hydrogen-bond acceptors (Lipinski definition) is 3. The first-order chi connectivity index (χ1) is 6.62. The summed E-state index contributed by atoms with van der Waals surface area (Å²) < 4.78 is 5.90. The highest BCUT2D eigenvalue weighted by Gasteiger charge is 2.60. The predicted molar refractivity (Wildman–Crippen MR) is 50.6 cm³/mol. The van der Waals surface area contributed by atoms with Crippen LogP contribution in [-0.2, 0) is 9.53 Å². The largest absolute Gasteiger partial charge is 0.339 e. The SMILES string of the molecule is CC1CCC2OC3(CN(C)C3)C(=O)N12. The van der Waals surface area contributed by atoms with Gasteiger partial charge in [-0.25, -0.2) is 0 Å². The molecule has 2 unspecified atom stereocenters. The van der Waals surface area contributed by atoms with Gasteiger partial charge in [0.05, 0.1) is 0 Å². The van der Waals surface area contributed by atoms with Crippen LogP contribution >= 0.6 is 0 Å². The number of fused-ring (bicyclic) bond motifs is 1. The second-order valence-electron chi connectivity index (χ2n) is 4.88. The average molecular weight is 196 g/mol. The number of ether oxygens (including phenoxy) is 1. The van der Waals surface area contributed by atoms with E-state index in [4.69, 9.17) is 4.74 Å². The molecule has 78 valence electrons. The summed E-state index contributed by atoms with van der Waals surface area (Å²) in [5.41, 5.74) is -0.464. The number of carbonyl (C=O) groups excluding carboxylic acids is 1. The molecule has 0 aromatic heterocycles. The molecule has 14 heavy (non-hydrogen) atoms. The molecule has 0 aromatic rings. The van der Waals surface area contributed by atoms with Gasteiger partial charge in [0, 0.05) is 19.1 Å². The van der Waals surface area contributed by atoms with Crippen molar-refractivity contribution in [2.75, 3.05) is 20.1 Å². The molecule has 2 atom stereocenters. The van der Waals surface area contributed by atoms with Crippen molar-refractivity contribution in [1.82, 2.24) is 9.80 Å². The zero-order valence-electron chi connectivity index (χ0n) is 8.69. The maximum Gasteiger partial charge on any atom is 0.259 e. The Kier molecular flexibility index (Phi) is 1.55. The van der Waals surface area contributed by atoms with Crippen molar-refractivity contribution >= 4 is 5.91 Å². The lowest BCUT2D eigenvalue weighted by Gasteiger charge is -2.43. The zero-order valence-corrected chi connectivity index (χ0v) is 8.69. The Morgan fingerprint density at radius 2 is 2.14 bits per heavy atom. The Balaban J connectivity index is 1.85. The normalized spacial score (nSPS) is 40.4. The molecule has 3 aliphatic heterocycles. The minimum absolute atomic E-state index is 0.0752. The summed E-state index contributed by atoms with van der Waals surface area (Å²) in [5, 5.41) is 0. The number of nitrogens with zero attached hydrogens (tertiary/aromatic N) is 2. The van der Waals surface area contributed by atoms with E-state index < -0.39 is 5.60 Å². The van der Waals surface area contributed by atoms with E-state index >= 15 is 0 Å². The van der Waals surface area contributed by atoms with E-state index in [9.17, 15) is 4.79 Å². The van der Waals surface area contributed by atoms with Gasteiger partial charge in [0.2, 0.25) is 0 Å². The number of carbonyl (C=O) groups is 1. The van der Waals surface area contributed by atoms with Crippen molar-refractivity contribution in [3.05, 3.63) is 0 Å². The topological polar surface area (TPSA) is 32.8 Å². The van der Waals surface area contributed by atoms with E-state index in [1.54, 1.807) is 0 Å². The minimum atomic E-state index is -0.464. The first-order valence-corrected chi connectivity index (χ1v) is 5.31. The third-order valence-corrected chi connectivity index (χ3v) is 3.65. The monoisotopic (exact) mass is 196 g/mol. The molecule has 0 bridgehead atoms. The number of hydrogen-bond donors (Lipinski definition) is 0. The smallest absolute Gasteiger partial charge is 0.259 e. The standard InChI is InChI=1S/C10H16N2O2/c1-7-3-4-8-12(7)9(13)10(14-8)5-11(2)6-10/h7-8H,3-6H2,1-2H3. The molecule has 0 radical (unpaired) electrons. The molecular formula is C10H16N2O2. The highest BCUT2D eigenvalue weighted by molar-refractivity contribution is 5.89. The Morgan fingerprint density at radius 3 is 2.71 bits per heavy atom. The van der Waals surface area contributed by atoms with Crippen LogP contribution in [0.1, 0.15) is 19.8 Å². The lowest BCUT2D eigenvalue weighted by molar-refractivity contribution is -0.157. The highest BCUT2D eigenvalue weighted by atomic mass is 16.6. The first-order valence-electron chi connectivity index (χ1n) is 5.31. The average Bonchev–Trinajstić information content (AvgIpc) is 2.54. The molecule has 0 aromatic carbocycles. The Labute approximate surface area is 83.8 Å². The quantitative estimate of drug-likeness (QED) is 0.548. The third-order valence-electron chi connectivity index (χ3n) is 3.65. The molecule has 0 N–H and O–H groups in total. The van der Waals surface area contributed by atoms with E-state index in [1.807, 2.05) is 11.9 Å². The highest BCUT2D eigenvalue weighted by Crippen LogP contribution is 2.41. The first kappa shape index (κ1) is 8.68. The maximum atomic E-state index is 12.1. The van der Waals surface area contributed by atoms with Crippen molar-refractivity contribution in [1.29, 1.82) is 0 Å². The molecule has 3 aliphatic rings. The van der Waals surface area contributed by atoms with Crippen LogP contribution in [0, 0.1) is 0 Å². The lowest BCUT2D eigenvalue weighted by Crippen LogP contribution is -2.65.